The second-order valence-corrected chi connectivity index (χ2v) is 8.02. The van der Waals surface area contributed by atoms with E-state index in [0.29, 0.717) is 19.8 Å². The molecule has 0 radical (unpaired) electrons. The van der Waals surface area contributed by atoms with Crippen LogP contribution < -0.4 is 4.72 Å². The zero-order chi connectivity index (χ0) is 17.7. The molecule has 1 aliphatic heterocycles. The molecule has 0 spiro atoms. The van der Waals surface area contributed by atoms with Crippen LogP contribution in [0, 0.1) is 0 Å². The predicted molar refractivity (Wildman–Crippen MR) is 98.2 cm³/mol. The van der Waals surface area contributed by atoms with E-state index in [9.17, 15) is 8.42 Å². The van der Waals surface area contributed by atoms with Gasteiger partial charge in [-0.1, -0.05) is 54.1 Å². The van der Waals surface area contributed by atoms with Gasteiger partial charge in [0, 0.05) is 19.6 Å². The highest BCUT2D eigenvalue weighted by molar-refractivity contribution is 7.89. The number of hydrogen-bond donors (Lipinski definition) is 1. The van der Waals surface area contributed by atoms with Crippen LogP contribution in [-0.4, -0.2) is 46.2 Å². The van der Waals surface area contributed by atoms with E-state index in [1.807, 2.05) is 30.3 Å². The van der Waals surface area contributed by atoms with Crippen LogP contribution in [0.4, 0.5) is 0 Å². The molecule has 0 saturated carbocycles. The number of rotatable bonds is 6. The third-order valence-electron chi connectivity index (χ3n) is 4.17. The van der Waals surface area contributed by atoms with Crippen LogP contribution in [0.5, 0.6) is 0 Å². The van der Waals surface area contributed by atoms with Crippen LogP contribution in [0.25, 0.3) is 0 Å². The average molecular weight is 381 g/mol. The Morgan fingerprint density at radius 1 is 1.04 bits per heavy atom. The molecule has 134 valence electrons. The lowest BCUT2D eigenvalue weighted by molar-refractivity contribution is 0.0345. The minimum Gasteiger partial charge on any atom is -0.379 e. The molecule has 1 fully saturated rings. The molecule has 0 aromatic heterocycles. The van der Waals surface area contributed by atoms with Crippen molar-refractivity contribution in [3.8, 4) is 0 Å². The largest absolute Gasteiger partial charge is 0.379 e. The smallest absolute Gasteiger partial charge is 0.242 e. The first-order valence-electron chi connectivity index (χ1n) is 8.18. The third kappa shape index (κ3) is 4.80. The zero-order valence-corrected chi connectivity index (χ0v) is 15.3. The molecule has 0 unspecified atom stereocenters. The van der Waals surface area contributed by atoms with Crippen molar-refractivity contribution in [2.75, 3.05) is 32.8 Å². The molecule has 25 heavy (non-hydrogen) atoms. The zero-order valence-electron chi connectivity index (χ0n) is 13.8. The Hall–Kier alpha value is -1.44. The maximum Gasteiger partial charge on any atom is 0.242 e. The molecule has 0 amide bonds. The Morgan fingerprint density at radius 3 is 2.36 bits per heavy atom. The topological polar surface area (TPSA) is 58.6 Å². The van der Waals surface area contributed by atoms with Crippen molar-refractivity contribution < 1.29 is 13.2 Å². The Kier molecular flexibility index (Phi) is 6.09. The van der Waals surface area contributed by atoms with Crippen molar-refractivity contribution in [3.63, 3.8) is 0 Å². The number of hydrogen-bond acceptors (Lipinski definition) is 4. The van der Waals surface area contributed by atoms with Crippen LogP contribution >= 0.6 is 11.6 Å². The molecule has 1 saturated heterocycles. The standard InChI is InChI=1S/C18H21ClN2O3S/c19-16-8-4-5-9-18(16)25(22,23)20-17(15-6-2-1-3-7-15)14-21-10-12-24-13-11-21/h1-9,17,20H,10-14H2/t17-/m0/s1. The summed E-state index contributed by atoms with van der Waals surface area (Å²) < 4.78 is 33.9. The molecule has 1 heterocycles. The van der Waals surface area contributed by atoms with Crippen molar-refractivity contribution in [3.05, 3.63) is 65.2 Å². The van der Waals surface area contributed by atoms with Crippen molar-refractivity contribution in [2.24, 2.45) is 0 Å². The van der Waals surface area contributed by atoms with Crippen LogP contribution in [0.3, 0.4) is 0 Å². The van der Waals surface area contributed by atoms with E-state index >= 15 is 0 Å². The summed E-state index contributed by atoms with van der Waals surface area (Å²) in [5.74, 6) is 0. The van der Waals surface area contributed by atoms with E-state index in [4.69, 9.17) is 16.3 Å². The number of halogens is 1. The SMILES string of the molecule is O=S(=O)(N[C@@H](CN1CCOCC1)c1ccccc1)c1ccccc1Cl. The van der Waals surface area contributed by atoms with Gasteiger partial charge in [-0.05, 0) is 17.7 Å². The maximum atomic E-state index is 12.8. The van der Waals surface area contributed by atoms with Crippen LogP contribution in [0.15, 0.2) is 59.5 Å². The van der Waals surface area contributed by atoms with Gasteiger partial charge in [0.25, 0.3) is 0 Å². The average Bonchev–Trinajstić information content (AvgIpc) is 2.63. The van der Waals surface area contributed by atoms with Gasteiger partial charge in [-0.25, -0.2) is 13.1 Å². The number of ether oxygens (including phenoxy) is 1. The van der Waals surface area contributed by atoms with Crippen molar-refractivity contribution in [1.29, 1.82) is 0 Å². The lowest BCUT2D eigenvalue weighted by atomic mass is 10.1. The minimum absolute atomic E-state index is 0.0968. The third-order valence-corrected chi connectivity index (χ3v) is 6.14. The summed E-state index contributed by atoms with van der Waals surface area (Å²) >= 11 is 6.08. The molecule has 2 aromatic rings. The highest BCUT2D eigenvalue weighted by Gasteiger charge is 2.25. The number of sulfonamides is 1. The summed E-state index contributed by atoms with van der Waals surface area (Å²) in [6, 6.07) is 15.7. The van der Waals surface area contributed by atoms with Crippen LogP contribution in [0.2, 0.25) is 5.02 Å². The molecule has 1 N–H and O–H groups in total. The monoisotopic (exact) mass is 380 g/mol. The normalized spacial score (nSPS) is 17.3. The van der Waals surface area contributed by atoms with Crippen LogP contribution in [-0.2, 0) is 14.8 Å². The fourth-order valence-corrected chi connectivity index (χ4v) is 4.59. The number of nitrogens with zero attached hydrogens (tertiary/aromatic N) is 1. The Labute approximate surface area is 153 Å². The number of benzene rings is 2. The Morgan fingerprint density at radius 2 is 1.68 bits per heavy atom. The molecule has 2 aromatic carbocycles. The fraction of sp³-hybridized carbons (Fsp3) is 0.333. The summed E-state index contributed by atoms with van der Waals surface area (Å²) in [6.45, 7) is 3.49. The van der Waals surface area contributed by atoms with E-state index in [0.717, 1.165) is 18.7 Å². The molecule has 0 bridgehead atoms. The number of nitrogens with one attached hydrogen (secondary N) is 1. The molecule has 7 heteroatoms. The van der Waals surface area contributed by atoms with Gasteiger partial charge in [0.05, 0.1) is 24.3 Å². The van der Waals surface area contributed by atoms with E-state index in [1.54, 1.807) is 18.2 Å². The van der Waals surface area contributed by atoms with E-state index in [1.165, 1.54) is 6.07 Å². The molecule has 5 nitrogen and oxygen atoms in total. The number of morpholine rings is 1. The summed E-state index contributed by atoms with van der Waals surface area (Å²) in [6.07, 6.45) is 0. The highest BCUT2D eigenvalue weighted by atomic mass is 35.5. The van der Waals surface area contributed by atoms with Crippen molar-refractivity contribution in [1.82, 2.24) is 9.62 Å². The van der Waals surface area contributed by atoms with E-state index in [2.05, 4.69) is 9.62 Å². The van der Waals surface area contributed by atoms with Gasteiger partial charge in [0.2, 0.25) is 10.0 Å². The first-order chi connectivity index (χ1) is 12.1. The van der Waals surface area contributed by atoms with Crippen LogP contribution in [0.1, 0.15) is 11.6 Å². The Balaban J connectivity index is 1.85. The van der Waals surface area contributed by atoms with E-state index < -0.39 is 10.0 Å². The molecular weight excluding hydrogens is 360 g/mol. The summed E-state index contributed by atoms with van der Waals surface area (Å²) in [5, 5.41) is 0.216. The first-order valence-corrected chi connectivity index (χ1v) is 10.0. The Bertz CT molecular complexity index is 793. The van der Waals surface area contributed by atoms with Gasteiger partial charge >= 0.3 is 0 Å². The predicted octanol–water partition coefficient (Wildman–Crippen LogP) is 2.69. The molecule has 1 aliphatic rings. The summed E-state index contributed by atoms with van der Waals surface area (Å²) in [5.41, 5.74) is 0.921. The molecular formula is C18H21ClN2O3S. The second-order valence-electron chi connectivity index (χ2n) is 5.93. The molecule has 3 rings (SSSR count). The van der Waals surface area contributed by atoms with Gasteiger partial charge in [-0.2, -0.15) is 0 Å². The van der Waals surface area contributed by atoms with Gasteiger partial charge in [0.15, 0.2) is 0 Å². The summed E-state index contributed by atoms with van der Waals surface area (Å²) in [7, 11) is -3.73. The van der Waals surface area contributed by atoms with Crippen molar-refractivity contribution >= 4 is 21.6 Å². The quantitative estimate of drug-likeness (QED) is 0.837. The second kappa shape index (κ2) is 8.29. The van der Waals surface area contributed by atoms with Gasteiger partial charge < -0.3 is 4.74 Å². The lowest BCUT2D eigenvalue weighted by Crippen LogP contribution is -2.43. The van der Waals surface area contributed by atoms with Gasteiger partial charge in [-0.3, -0.25) is 4.90 Å². The van der Waals surface area contributed by atoms with Gasteiger partial charge in [0.1, 0.15) is 4.90 Å². The maximum absolute atomic E-state index is 12.8. The molecule has 0 aliphatic carbocycles. The van der Waals surface area contributed by atoms with Crippen molar-refractivity contribution in [2.45, 2.75) is 10.9 Å². The summed E-state index contributed by atoms with van der Waals surface area (Å²) in [4.78, 5) is 2.30. The lowest BCUT2D eigenvalue weighted by Gasteiger charge is -2.31. The fourth-order valence-electron chi connectivity index (χ4n) is 2.85. The molecule has 1 atom stereocenters. The minimum atomic E-state index is -3.73. The highest BCUT2D eigenvalue weighted by Crippen LogP contribution is 2.24. The van der Waals surface area contributed by atoms with Gasteiger partial charge in [-0.15, -0.1) is 0 Å². The van der Waals surface area contributed by atoms with E-state index in [-0.39, 0.29) is 16.0 Å². The first kappa shape index (κ1) is 18.4.